The maximum Gasteiger partial charge on any atom is 0.339 e. The fourth-order valence-corrected chi connectivity index (χ4v) is 2.72. The third kappa shape index (κ3) is 2.85. The van der Waals surface area contributed by atoms with Crippen molar-refractivity contribution in [2.24, 2.45) is 0 Å². The van der Waals surface area contributed by atoms with Crippen LogP contribution in [0.2, 0.25) is 0 Å². The van der Waals surface area contributed by atoms with E-state index in [0.717, 1.165) is 6.42 Å². The van der Waals surface area contributed by atoms with E-state index in [1.807, 2.05) is 12.1 Å². The molecular weight excluding hydrogens is 298 g/mol. The highest BCUT2D eigenvalue weighted by atomic mass is 16.6. The lowest BCUT2D eigenvalue weighted by molar-refractivity contribution is -0.384. The zero-order valence-electron chi connectivity index (χ0n) is 12.5. The molecule has 1 aromatic carbocycles. The standard InChI is InChI=1S/C16H15N3O4/c1-23-16(20)12-7-14(19(21)22)15(18-9-12)17-8-11-6-10-4-2-3-5-13(10)11/h2-5,7,9,11H,6,8H2,1H3,(H,17,18). The minimum atomic E-state index is -0.653. The minimum Gasteiger partial charge on any atom is -0.465 e. The molecule has 0 radical (unpaired) electrons. The van der Waals surface area contributed by atoms with Gasteiger partial charge in [-0.3, -0.25) is 10.1 Å². The Bertz CT molecular complexity index is 776. The van der Waals surface area contributed by atoms with E-state index in [0.29, 0.717) is 12.5 Å². The van der Waals surface area contributed by atoms with E-state index < -0.39 is 10.9 Å². The van der Waals surface area contributed by atoms with E-state index in [4.69, 9.17) is 0 Å². The summed E-state index contributed by atoms with van der Waals surface area (Å²) in [6, 6.07) is 9.30. The van der Waals surface area contributed by atoms with Crippen molar-refractivity contribution in [2.75, 3.05) is 19.0 Å². The summed E-state index contributed by atoms with van der Waals surface area (Å²) in [4.78, 5) is 26.1. The van der Waals surface area contributed by atoms with Crippen LogP contribution in [0.1, 0.15) is 27.4 Å². The van der Waals surface area contributed by atoms with Crippen LogP contribution in [0.15, 0.2) is 36.5 Å². The first-order valence-electron chi connectivity index (χ1n) is 7.14. The number of ether oxygens (including phenoxy) is 1. The molecule has 1 aromatic heterocycles. The zero-order chi connectivity index (χ0) is 16.4. The number of nitrogens with one attached hydrogen (secondary N) is 1. The molecule has 0 bridgehead atoms. The van der Waals surface area contributed by atoms with Gasteiger partial charge in [0.2, 0.25) is 5.82 Å². The van der Waals surface area contributed by atoms with Crippen LogP contribution in [0.25, 0.3) is 0 Å². The smallest absolute Gasteiger partial charge is 0.339 e. The quantitative estimate of drug-likeness (QED) is 0.518. The number of nitrogens with zero attached hydrogens (tertiary/aromatic N) is 2. The van der Waals surface area contributed by atoms with Gasteiger partial charge < -0.3 is 10.1 Å². The second kappa shape index (κ2) is 6.04. The number of methoxy groups -OCH3 is 1. The highest BCUT2D eigenvalue weighted by molar-refractivity contribution is 5.90. The molecule has 1 heterocycles. The third-order valence-corrected chi connectivity index (χ3v) is 3.96. The zero-order valence-corrected chi connectivity index (χ0v) is 12.5. The predicted octanol–water partition coefficient (Wildman–Crippen LogP) is 2.53. The summed E-state index contributed by atoms with van der Waals surface area (Å²) in [5.74, 6) is -0.181. The Morgan fingerprint density at radius 2 is 2.26 bits per heavy atom. The summed E-state index contributed by atoms with van der Waals surface area (Å²) in [5.41, 5.74) is 2.39. The second-order valence-corrected chi connectivity index (χ2v) is 5.32. The van der Waals surface area contributed by atoms with E-state index >= 15 is 0 Å². The first-order chi connectivity index (χ1) is 11.1. The number of carbonyl (C=O) groups is 1. The number of aromatic nitrogens is 1. The molecule has 7 heteroatoms. The van der Waals surface area contributed by atoms with Gasteiger partial charge in [-0.1, -0.05) is 24.3 Å². The van der Waals surface area contributed by atoms with Gasteiger partial charge in [0.15, 0.2) is 0 Å². The van der Waals surface area contributed by atoms with Gasteiger partial charge in [-0.25, -0.2) is 9.78 Å². The first kappa shape index (κ1) is 15.0. The fourth-order valence-electron chi connectivity index (χ4n) is 2.72. The van der Waals surface area contributed by atoms with Crippen LogP contribution >= 0.6 is 0 Å². The summed E-state index contributed by atoms with van der Waals surface area (Å²) in [6.07, 6.45) is 2.22. The number of carbonyl (C=O) groups excluding carboxylic acids is 1. The van der Waals surface area contributed by atoms with Crippen LogP contribution in [0, 0.1) is 10.1 Å². The van der Waals surface area contributed by atoms with Crippen molar-refractivity contribution < 1.29 is 14.5 Å². The van der Waals surface area contributed by atoms with Gasteiger partial charge in [-0.15, -0.1) is 0 Å². The molecular formula is C16H15N3O4. The summed E-state index contributed by atoms with van der Waals surface area (Å²) < 4.78 is 4.55. The number of benzene rings is 1. The summed E-state index contributed by atoms with van der Waals surface area (Å²) in [5, 5.41) is 14.2. The minimum absolute atomic E-state index is 0.0544. The molecule has 0 amide bonds. The average molecular weight is 313 g/mol. The highest BCUT2D eigenvalue weighted by Crippen LogP contribution is 2.35. The number of esters is 1. The molecule has 118 valence electrons. The topological polar surface area (TPSA) is 94.4 Å². The third-order valence-electron chi connectivity index (χ3n) is 3.96. The van der Waals surface area contributed by atoms with E-state index in [9.17, 15) is 14.9 Å². The molecule has 1 atom stereocenters. The van der Waals surface area contributed by atoms with Crippen LogP contribution in [0.4, 0.5) is 11.5 Å². The number of pyridine rings is 1. The van der Waals surface area contributed by atoms with Crippen LogP contribution in [0.3, 0.4) is 0 Å². The van der Waals surface area contributed by atoms with E-state index in [1.165, 1.54) is 30.5 Å². The fraction of sp³-hybridized carbons (Fsp3) is 0.250. The van der Waals surface area contributed by atoms with Gasteiger partial charge in [-0.05, 0) is 17.5 Å². The predicted molar refractivity (Wildman–Crippen MR) is 83.6 cm³/mol. The highest BCUT2D eigenvalue weighted by Gasteiger charge is 2.26. The van der Waals surface area contributed by atoms with Crippen LogP contribution in [0.5, 0.6) is 0 Å². The SMILES string of the molecule is COC(=O)c1cnc(NCC2Cc3ccccc32)c([N+](=O)[O-])c1. The largest absolute Gasteiger partial charge is 0.465 e. The summed E-state index contributed by atoms with van der Waals surface area (Å²) in [7, 11) is 1.22. The van der Waals surface area contributed by atoms with Crippen molar-refractivity contribution in [2.45, 2.75) is 12.3 Å². The monoisotopic (exact) mass is 313 g/mol. The van der Waals surface area contributed by atoms with E-state index in [-0.39, 0.29) is 17.1 Å². The van der Waals surface area contributed by atoms with Gasteiger partial charge in [0.25, 0.3) is 0 Å². The molecule has 23 heavy (non-hydrogen) atoms. The summed E-state index contributed by atoms with van der Waals surface area (Å²) >= 11 is 0. The molecule has 0 saturated carbocycles. The van der Waals surface area contributed by atoms with Gasteiger partial charge >= 0.3 is 11.7 Å². The molecule has 1 N–H and O–H groups in total. The number of anilines is 1. The van der Waals surface area contributed by atoms with Crippen molar-refractivity contribution in [3.8, 4) is 0 Å². The Balaban J connectivity index is 1.75. The average Bonchev–Trinajstić information content (AvgIpc) is 2.55. The lowest BCUT2D eigenvalue weighted by atomic mass is 9.77. The van der Waals surface area contributed by atoms with Crippen molar-refractivity contribution in [1.82, 2.24) is 4.98 Å². The molecule has 1 aliphatic carbocycles. The number of hydrogen-bond donors (Lipinski definition) is 1. The van der Waals surface area contributed by atoms with E-state index in [2.05, 4.69) is 27.2 Å². The van der Waals surface area contributed by atoms with Crippen molar-refractivity contribution in [3.05, 3.63) is 63.3 Å². The Morgan fingerprint density at radius 1 is 1.48 bits per heavy atom. The first-order valence-corrected chi connectivity index (χ1v) is 7.14. The maximum atomic E-state index is 11.5. The lowest BCUT2D eigenvalue weighted by Crippen LogP contribution is -2.24. The van der Waals surface area contributed by atoms with Crippen LogP contribution in [-0.2, 0) is 11.2 Å². The maximum absolute atomic E-state index is 11.5. The Morgan fingerprint density at radius 3 is 2.96 bits per heavy atom. The summed E-state index contributed by atoms with van der Waals surface area (Å²) in [6.45, 7) is 0.558. The van der Waals surface area contributed by atoms with E-state index in [1.54, 1.807) is 0 Å². The van der Waals surface area contributed by atoms with Gasteiger partial charge in [0, 0.05) is 24.7 Å². The normalized spacial score (nSPS) is 15.3. The van der Waals surface area contributed by atoms with Gasteiger partial charge in [-0.2, -0.15) is 0 Å². The van der Waals surface area contributed by atoms with Crippen LogP contribution in [-0.4, -0.2) is 29.5 Å². The number of rotatable bonds is 5. The lowest BCUT2D eigenvalue weighted by Gasteiger charge is -2.30. The van der Waals surface area contributed by atoms with Crippen LogP contribution < -0.4 is 5.32 Å². The van der Waals surface area contributed by atoms with Crippen molar-refractivity contribution in [3.63, 3.8) is 0 Å². The second-order valence-electron chi connectivity index (χ2n) is 5.32. The molecule has 0 spiro atoms. The Hall–Kier alpha value is -2.96. The molecule has 1 unspecified atom stereocenters. The molecule has 2 aromatic rings. The molecule has 3 rings (SSSR count). The molecule has 0 saturated heterocycles. The number of nitro groups is 1. The molecule has 7 nitrogen and oxygen atoms in total. The van der Waals surface area contributed by atoms with Crippen molar-refractivity contribution >= 4 is 17.5 Å². The number of fused-ring (bicyclic) bond motifs is 1. The van der Waals surface area contributed by atoms with Gasteiger partial charge in [0.05, 0.1) is 17.6 Å². The van der Waals surface area contributed by atoms with Gasteiger partial charge in [0.1, 0.15) is 0 Å². The van der Waals surface area contributed by atoms with Crippen molar-refractivity contribution in [1.29, 1.82) is 0 Å². The molecule has 0 fully saturated rings. The molecule has 1 aliphatic rings. The Kier molecular flexibility index (Phi) is 3.92. The number of hydrogen-bond acceptors (Lipinski definition) is 6. The molecule has 0 aliphatic heterocycles. The Labute approximate surface area is 132 Å².